The van der Waals surface area contributed by atoms with E-state index in [1.165, 1.54) is 10.4 Å². The molecular weight excluding hydrogens is 282 g/mol. The number of hydrogen-bond donors (Lipinski definition) is 1. The second-order valence-corrected chi connectivity index (χ2v) is 5.85. The van der Waals surface area contributed by atoms with Crippen LogP contribution in [0.5, 0.6) is 0 Å². The highest BCUT2D eigenvalue weighted by Crippen LogP contribution is 2.26. The Morgan fingerprint density at radius 1 is 1.45 bits per heavy atom. The zero-order valence-electron chi connectivity index (χ0n) is 12.7. The van der Waals surface area contributed by atoms with Crippen molar-refractivity contribution in [2.45, 2.75) is 31.8 Å². The minimum Gasteiger partial charge on any atom is -0.480 e. The van der Waals surface area contributed by atoms with Crippen LogP contribution < -0.4 is 0 Å². The Morgan fingerprint density at radius 3 is 3.05 bits per heavy atom. The second-order valence-electron chi connectivity index (χ2n) is 5.85. The number of rotatable bonds is 5. The lowest BCUT2D eigenvalue weighted by atomic mass is 9.95. The fourth-order valence-electron chi connectivity index (χ4n) is 3.05. The fraction of sp³-hybridized carbons (Fsp3) is 0.533. The van der Waals surface area contributed by atoms with Crippen molar-refractivity contribution < 1.29 is 9.90 Å². The van der Waals surface area contributed by atoms with Crippen molar-refractivity contribution in [3.8, 4) is 0 Å². The molecule has 0 radical (unpaired) electrons. The highest BCUT2D eigenvalue weighted by Gasteiger charge is 2.23. The number of nitrogens with zero attached hydrogens (tertiary/aromatic N) is 5. The van der Waals surface area contributed by atoms with Crippen LogP contribution in [0.3, 0.4) is 0 Å². The summed E-state index contributed by atoms with van der Waals surface area (Å²) in [5, 5.41) is 17.4. The van der Waals surface area contributed by atoms with E-state index < -0.39 is 5.97 Å². The maximum Gasteiger partial charge on any atom is 0.325 e. The summed E-state index contributed by atoms with van der Waals surface area (Å²) in [4.78, 5) is 13.2. The van der Waals surface area contributed by atoms with Crippen LogP contribution in [0.2, 0.25) is 0 Å². The van der Waals surface area contributed by atoms with Gasteiger partial charge in [0.2, 0.25) is 0 Å². The number of aryl methyl sites for hydroxylation is 1. The van der Waals surface area contributed by atoms with Crippen molar-refractivity contribution in [1.82, 2.24) is 24.5 Å². The van der Waals surface area contributed by atoms with E-state index in [1.54, 1.807) is 6.20 Å². The first kappa shape index (κ1) is 14.8. The van der Waals surface area contributed by atoms with Gasteiger partial charge in [-0.2, -0.15) is 10.2 Å². The predicted molar refractivity (Wildman–Crippen MR) is 80.3 cm³/mol. The summed E-state index contributed by atoms with van der Waals surface area (Å²) in [6.07, 6.45) is 5.81. The third kappa shape index (κ3) is 3.36. The summed E-state index contributed by atoms with van der Waals surface area (Å²) in [6, 6.07) is 3.99. The minimum atomic E-state index is -0.865. The average Bonchev–Trinajstić information content (AvgIpc) is 3.09. The van der Waals surface area contributed by atoms with Gasteiger partial charge in [-0.05, 0) is 31.5 Å². The summed E-state index contributed by atoms with van der Waals surface area (Å²) < 4.78 is 3.41. The van der Waals surface area contributed by atoms with Crippen LogP contribution in [0, 0.1) is 0 Å². The monoisotopic (exact) mass is 303 g/mol. The van der Waals surface area contributed by atoms with Crippen LogP contribution >= 0.6 is 0 Å². The molecule has 1 N–H and O–H groups in total. The molecule has 1 unspecified atom stereocenters. The molecule has 7 nitrogen and oxygen atoms in total. The Balaban J connectivity index is 1.64. The molecule has 0 aliphatic carbocycles. The Bertz CT molecular complexity index is 648. The van der Waals surface area contributed by atoms with Gasteiger partial charge in [0.05, 0.1) is 11.4 Å². The molecule has 2 aromatic heterocycles. The molecule has 0 amide bonds. The number of aromatic nitrogens is 4. The highest BCUT2D eigenvalue weighted by molar-refractivity contribution is 5.66. The van der Waals surface area contributed by atoms with Crippen LogP contribution in [-0.2, 0) is 24.9 Å². The number of carboxylic acid groups (broad SMARTS) is 1. The van der Waals surface area contributed by atoms with E-state index >= 15 is 0 Å². The summed E-state index contributed by atoms with van der Waals surface area (Å²) in [5.74, 6) is -0.492. The minimum absolute atomic E-state index is 0.0779. The molecule has 0 spiro atoms. The summed E-state index contributed by atoms with van der Waals surface area (Å²) in [6.45, 7) is 2.85. The highest BCUT2D eigenvalue weighted by atomic mass is 16.4. The maximum atomic E-state index is 10.7. The molecule has 2 aromatic rings. The standard InChI is InChI=1S/C15H21N5O2/c1-18-13(4-6-16-18)10-19-7-2-3-12(9-19)14-5-8-20(17-14)11-15(21)22/h4-6,8,12H,2-3,7,9-11H2,1H3,(H,21,22). The molecule has 0 aromatic carbocycles. The van der Waals surface area contributed by atoms with E-state index in [1.807, 2.05) is 30.1 Å². The third-order valence-electron chi connectivity index (χ3n) is 4.19. The Kier molecular flexibility index (Phi) is 4.24. The number of carbonyl (C=O) groups is 1. The lowest BCUT2D eigenvalue weighted by molar-refractivity contribution is -0.137. The first-order valence-electron chi connectivity index (χ1n) is 7.56. The van der Waals surface area contributed by atoms with Crippen molar-refractivity contribution in [2.24, 2.45) is 7.05 Å². The van der Waals surface area contributed by atoms with Crippen molar-refractivity contribution in [1.29, 1.82) is 0 Å². The van der Waals surface area contributed by atoms with Crippen LogP contribution in [0.4, 0.5) is 0 Å². The van der Waals surface area contributed by atoms with Crippen LogP contribution in [0.25, 0.3) is 0 Å². The molecule has 1 aliphatic rings. The second kappa shape index (κ2) is 6.31. The summed E-state index contributed by atoms with van der Waals surface area (Å²) >= 11 is 0. The number of carboxylic acids is 1. The molecule has 22 heavy (non-hydrogen) atoms. The van der Waals surface area contributed by atoms with E-state index in [0.29, 0.717) is 5.92 Å². The lowest BCUT2D eigenvalue weighted by Crippen LogP contribution is -2.34. The maximum absolute atomic E-state index is 10.7. The van der Waals surface area contributed by atoms with Crippen molar-refractivity contribution >= 4 is 5.97 Å². The fourth-order valence-corrected chi connectivity index (χ4v) is 3.05. The Hall–Kier alpha value is -2.15. The zero-order chi connectivity index (χ0) is 15.5. The van der Waals surface area contributed by atoms with E-state index in [4.69, 9.17) is 5.11 Å². The molecule has 0 saturated carbocycles. The smallest absolute Gasteiger partial charge is 0.325 e. The average molecular weight is 303 g/mol. The van der Waals surface area contributed by atoms with Gasteiger partial charge < -0.3 is 5.11 Å². The Morgan fingerprint density at radius 2 is 2.32 bits per heavy atom. The third-order valence-corrected chi connectivity index (χ3v) is 4.19. The van der Waals surface area contributed by atoms with Gasteiger partial charge in [0.15, 0.2) is 0 Å². The molecular formula is C15H21N5O2. The first-order chi connectivity index (χ1) is 10.6. The van der Waals surface area contributed by atoms with Crippen molar-refractivity contribution in [3.63, 3.8) is 0 Å². The molecule has 3 heterocycles. The Labute approximate surface area is 129 Å². The topological polar surface area (TPSA) is 76.2 Å². The normalized spacial score (nSPS) is 19.4. The first-order valence-corrected chi connectivity index (χ1v) is 7.56. The predicted octanol–water partition coefficient (Wildman–Crippen LogP) is 1.08. The number of likely N-dealkylation sites (tertiary alicyclic amines) is 1. The van der Waals surface area contributed by atoms with Gasteiger partial charge in [0.1, 0.15) is 6.54 Å². The molecule has 1 saturated heterocycles. The van der Waals surface area contributed by atoms with Crippen LogP contribution in [-0.4, -0.2) is 48.6 Å². The summed E-state index contributed by atoms with van der Waals surface area (Å²) in [5.41, 5.74) is 2.20. The van der Waals surface area contributed by atoms with E-state index in [0.717, 1.165) is 38.2 Å². The van der Waals surface area contributed by atoms with Gasteiger partial charge in [-0.25, -0.2) is 0 Å². The molecule has 1 atom stereocenters. The quantitative estimate of drug-likeness (QED) is 0.894. The van der Waals surface area contributed by atoms with Gasteiger partial charge in [-0.15, -0.1) is 0 Å². The van der Waals surface area contributed by atoms with Gasteiger partial charge >= 0.3 is 5.97 Å². The molecule has 118 valence electrons. The van der Waals surface area contributed by atoms with Gasteiger partial charge in [0.25, 0.3) is 0 Å². The van der Waals surface area contributed by atoms with E-state index in [9.17, 15) is 4.79 Å². The van der Waals surface area contributed by atoms with Crippen molar-refractivity contribution in [3.05, 3.63) is 35.9 Å². The molecule has 0 bridgehead atoms. The lowest BCUT2D eigenvalue weighted by Gasteiger charge is -2.31. The van der Waals surface area contributed by atoms with Crippen LogP contribution in [0.1, 0.15) is 30.1 Å². The van der Waals surface area contributed by atoms with Gasteiger partial charge in [-0.3, -0.25) is 19.1 Å². The number of piperidine rings is 1. The number of aliphatic carboxylic acids is 1. The van der Waals surface area contributed by atoms with E-state index in [-0.39, 0.29) is 6.54 Å². The van der Waals surface area contributed by atoms with Crippen LogP contribution in [0.15, 0.2) is 24.5 Å². The summed E-state index contributed by atoms with van der Waals surface area (Å²) in [7, 11) is 1.96. The largest absolute Gasteiger partial charge is 0.480 e. The van der Waals surface area contributed by atoms with Crippen molar-refractivity contribution in [2.75, 3.05) is 13.1 Å². The molecule has 7 heteroatoms. The number of hydrogen-bond acceptors (Lipinski definition) is 4. The SMILES string of the molecule is Cn1nccc1CN1CCCC(c2ccn(CC(=O)O)n2)C1. The molecule has 1 aliphatic heterocycles. The van der Waals surface area contributed by atoms with E-state index in [2.05, 4.69) is 15.1 Å². The van der Waals surface area contributed by atoms with Gasteiger partial charge in [0, 0.05) is 38.4 Å². The molecule has 1 fully saturated rings. The molecule has 3 rings (SSSR count). The zero-order valence-corrected chi connectivity index (χ0v) is 12.7. The van der Waals surface area contributed by atoms with Gasteiger partial charge in [-0.1, -0.05) is 0 Å².